The van der Waals surface area contributed by atoms with Gasteiger partial charge in [0.2, 0.25) is 0 Å². The summed E-state index contributed by atoms with van der Waals surface area (Å²) < 4.78 is 9.10. The Morgan fingerprint density at radius 1 is 0.326 bits per heavy atom. The van der Waals surface area contributed by atoms with E-state index in [1.165, 1.54) is 229 Å². The number of unbranched alkanes of at least 4 members (excludes halogenated alkanes) is 4. The summed E-state index contributed by atoms with van der Waals surface area (Å²) in [7, 11) is -5.42. The molecule has 0 heterocycles. The van der Waals surface area contributed by atoms with E-state index in [1.807, 2.05) is 0 Å². The zero-order valence-electron chi connectivity index (χ0n) is 89.5. The Morgan fingerprint density at radius 2 is 0.667 bits per heavy atom. The molecule has 718 valence electrons. The molecule has 19 rings (SSSR count). The molecular formula is C129H175N3Si3. The number of nitrogens with zero attached hydrogens (tertiary/aromatic N) is 3. The zero-order valence-corrected chi connectivity index (χ0v) is 92.5. The second kappa shape index (κ2) is 37.6. The van der Waals surface area contributed by atoms with Crippen molar-refractivity contribution in [2.75, 3.05) is 0 Å². The lowest BCUT2D eigenvalue weighted by Crippen LogP contribution is -2.67. The standard InChI is InChI=1S/C45H63NSi.C44H61NSi.C40H51NSi/c1-12-14-25-45(26-15-13-2)40-29-33(36-22-18-20-32-19-16-17-21-35(32)36)23-24-37(40)39-28-34-27-31(3)42(38(34)30-41(39)45)47(10,11)46(43(4,5)6)44(7,8)9;1-11-13-26-44(27-14-12-2)39-29-33(35-21-17-19-31-18-15-16-20-34(31)35)22-24-36(39)38-28-32-23-25-41(37(32)30-40(38)44)46(9,10)45(42(3,4)5)43(6,7)8;1-39(2,3)41(30-16-9-8-10-17-30)42(6,7)38-23-21-28-24-35-33-22-20-29(25-36(33)40(4,5)37(35)26-34(28)38)32-19-13-15-27-14-11-12-18-31(27)32/h16-24,28-31,34,38,42H,12-15,25-27H2,1-11H3;15-22,24,28-30,32,37,41H,11-14,23,25-27H2,1-10H3;11-15,18-20,22,24-26,28,30,34,38H,8-10,16-17,21,23H2,1-7H3. The molecule has 10 aliphatic carbocycles. The number of hydrogen-bond acceptors (Lipinski definition) is 3. The first-order valence-corrected chi connectivity index (χ1v) is 63.6. The molecule has 3 nitrogen and oxygen atoms in total. The normalized spacial score (nSPS) is 23.9. The van der Waals surface area contributed by atoms with Crippen molar-refractivity contribution in [3.63, 3.8) is 0 Å². The number of allylic oxidation sites excluding steroid dienone is 12. The summed E-state index contributed by atoms with van der Waals surface area (Å²) >= 11 is 0. The molecule has 0 saturated heterocycles. The highest BCUT2D eigenvalue weighted by molar-refractivity contribution is 6.77. The van der Waals surface area contributed by atoms with Crippen LogP contribution in [0.4, 0.5) is 0 Å². The fourth-order valence-electron chi connectivity index (χ4n) is 32.9. The molecule has 10 aliphatic rings. The lowest BCUT2D eigenvalue weighted by atomic mass is 9.68. The fraction of sp³-hybridized carbons (Fsp3) is 0.535. The van der Waals surface area contributed by atoms with Gasteiger partial charge in [0.15, 0.2) is 0 Å². The van der Waals surface area contributed by atoms with E-state index >= 15 is 0 Å². The Labute approximate surface area is 824 Å². The number of hydrogen-bond donors (Lipinski definition) is 0. The van der Waals surface area contributed by atoms with Crippen molar-refractivity contribution >= 4 is 73.7 Å². The molecular weight excluding hydrogens is 1680 g/mol. The molecule has 0 N–H and O–H groups in total. The van der Waals surface area contributed by atoms with Gasteiger partial charge in [-0.05, 0) is 370 Å². The van der Waals surface area contributed by atoms with Crippen molar-refractivity contribution in [1.82, 2.24) is 13.7 Å². The molecule has 0 radical (unpaired) electrons. The largest absolute Gasteiger partial charge is 0.316 e. The first-order chi connectivity index (χ1) is 63.9. The van der Waals surface area contributed by atoms with Crippen LogP contribution in [-0.4, -0.2) is 72.1 Å². The maximum atomic E-state index is 3.12. The summed E-state index contributed by atoms with van der Waals surface area (Å²) in [6, 6.07) is 70.3. The summed E-state index contributed by atoms with van der Waals surface area (Å²) in [6.07, 6.45) is 46.0. The minimum Gasteiger partial charge on any atom is -0.316 e. The highest BCUT2D eigenvalue weighted by atomic mass is 28.3. The molecule has 4 fully saturated rings. The van der Waals surface area contributed by atoms with Crippen molar-refractivity contribution in [1.29, 1.82) is 0 Å². The minimum absolute atomic E-state index is 0.0264. The number of rotatable bonds is 22. The van der Waals surface area contributed by atoms with E-state index in [2.05, 4.69) is 424 Å². The first kappa shape index (κ1) is 99.3. The highest BCUT2D eigenvalue weighted by Crippen LogP contribution is 2.67. The molecule has 0 aliphatic heterocycles. The summed E-state index contributed by atoms with van der Waals surface area (Å²) in [5.74, 6) is 4.70. The van der Waals surface area contributed by atoms with Crippen LogP contribution in [0.3, 0.4) is 0 Å². The highest BCUT2D eigenvalue weighted by Gasteiger charge is 2.61. The van der Waals surface area contributed by atoms with Gasteiger partial charge in [-0.15, -0.1) is 0 Å². The first-order valence-electron chi connectivity index (χ1n) is 54.5. The van der Waals surface area contributed by atoms with Crippen LogP contribution in [0.5, 0.6) is 0 Å². The average molecular weight is 1850 g/mol. The van der Waals surface area contributed by atoms with Gasteiger partial charge in [-0.1, -0.05) is 371 Å². The van der Waals surface area contributed by atoms with E-state index in [1.54, 1.807) is 44.6 Å². The van der Waals surface area contributed by atoms with Gasteiger partial charge < -0.3 is 13.7 Å². The van der Waals surface area contributed by atoms with Gasteiger partial charge in [0.25, 0.3) is 0 Å². The van der Waals surface area contributed by atoms with Crippen LogP contribution in [0.1, 0.15) is 327 Å². The number of fused-ring (bicyclic) bond motifs is 15. The van der Waals surface area contributed by atoms with E-state index < -0.39 is 24.7 Å². The smallest absolute Gasteiger partial charge is 0.127 e. The topological polar surface area (TPSA) is 9.72 Å². The lowest BCUT2D eigenvalue weighted by Gasteiger charge is -2.57. The Hall–Kier alpha value is -7.27. The van der Waals surface area contributed by atoms with Crippen LogP contribution in [0.2, 0.25) is 55.9 Å². The van der Waals surface area contributed by atoms with Crippen molar-refractivity contribution in [2.45, 2.75) is 399 Å². The molecule has 9 aromatic rings. The van der Waals surface area contributed by atoms with E-state index in [-0.39, 0.29) is 43.9 Å². The van der Waals surface area contributed by atoms with Gasteiger partial charge in [-0.3, -0.25) is 0 Å². The third kappa shape index (κ3) is 18.0. The molecule has 9 aromatic carbocycles. The van der Waals surface area contributed by atoms with E-state index in [0.717, 1.165) is 28.6 Å². The second-order valence-electron chi connectivity index (χ2n) is 51.5. The quantitative estimate of drug-likeness (QED) is 0.0626. The van der Waals surface area contributed by atoms with Crippen LogP contribution in [-0.2, 0) is 16.2 Å². The molecule has 6 heteroatoms. The maximum Gasteiger partial charge on any atom is 0.127 e. The zero-order chi connectivity index (χ0) is 96.5. The predicted molar refractivity (Wildman–Crippen MR) is 599 cm³/mol. The predicted octanol–water partition coefficient (Wildman–Crippen LogP) is 37.3. The minimum atomic E-state index is -1.88. The lowest BCUT2D eigenvalue weighted by molar-refractivity contribution is 0.121. The third-order valence-electron chi connectivity index (χ3n) is 36.0. The molecule has 10 atom stereocenters. The van der Waals surface area contributed by atoms with Crippen molar-refractivity contribution < 1.29 is 0 Å². The van der Waals surface area contributed by atoms with Crippen LogP contribution >= 0.6 is 0 Å². The maximum absolute atomic E-state index is 3.12. The van der Waals surface area contributed by atoms with Gasteiger partial charge in [-0.2, -0.15) is 0 Å². The van der Waals surface area contributed by atoms with Crippen molar-refractivity contribution in [2.24, 2.45) is 41.4 Å². The Kier molecular flexibility index (Phi) is 27.7. The average Bonchev–Trinajstić information content (AvgIpc) is 1.57. The van der Waals surface area contributed by atoms with Gasteiger partial charge >= 0.3 is 0 Å². The van der Waals surface area contributed by atoms with Crippen LogP contribution in [0, 0.1) is 41.4 Å². The number of benzene rings is 9. The third-order valence-corrected chi connectivity index (χ3v) is 50.8. The van der Waals surface area contributed by atoms with Gasteiger partial charge in [-0.25, -0.2) is 0 Å². The van der Waals surface area contributed by atoms with Gasteiger partial charge in [0.1, 0.15) is 24.7 Å². The molecule has 4 saturated carbocycles. The summed E-state index contributed by atoms with van der Waals surface area (Å²) in [5.41, 5.74) is 30.6. The Balaban J connectivity index is 0.000000141. The summed E-state index contributed by atoms with van der Waals surface area (Å²) in [4.78, 5) is 0. The molecule has 0 amide bonds. The monoisotopic (exact) mass is 1850 g/mol. The van der Waals surface area contributed by atoms with E-state index in [0.29, 0.717) is 35.5 Å². The molecule has 135 heavy (non-hydrogen) atoms. The summed E-state index contributed by atoms with van der Waals surface area (Å²) in [6.45, 7) is 70.4. The Bertz CT molecular complexity index is 6000. The van der Waals surface area contributed by atoms with Gasteiger partial charge in [0, 0.05) is 50.0 Å². The van der Waals surface area contributed by atoms with Crippen LogP contribution in [0.25, 0.3) is 82.4 Å². The molecule has 10 unspecified atom stereocenters. The Morgan fingerprint density at radius 3 is 1.06 bits per heavy atom. The SMILES string of the molecule is CC1(C)C2=CC3C(C=C2c2ccc(-c4cccc5ccccc45)cc21)CCC3[Si](C)(C)N(C1CCCCC1)C(C)(C)C.CCCCC1(CCCC)C2=CC3C(C=C2c2ccc(-c4cccc5ccccc45)cc21)CC(C)C3[Si](C)(C)N(C(C)(C)C)C(C)(C)C.CCCCC1(CCCC)C2=CC3C(C=C2c2ccc(-c4cccc5ccccc45)cc21)CCC3[Si](C)(C)N(C(C)(C)C)C(C)(C)C. The van der Waals surface area contributed by atoms with Crippen LogP contribution < -0.4 is 0 Å². The molecule has 0 bridgehead atoms. The van der Waals surface area contributed by atoms with Crippen molar-refractivity contribution in [3.8, 4) is 33.4 Å². The van der Waals surface area contributed by atoms with E-state index in [9.17, 15) is 0 Å². The summed E-state index contributed by atoms with van der Waals surface area (Å²) in [5, 5.41) is 8.03. The second-order valence-corrected chi connectivity index (χ2v) is 65.0. The molecule has 0 spiro atoms. The fourth-order valence-corrected chi connectivity index (χ4v) is 50.8. The van der Waals surface area contributed by atoms with Crippen molar-refractivity contribution in [3.05, 3.63) is 269 Å². The molecule has 0 aromatic heterocycles. The van der Waals surface area contributed by atoms with Crippen LogP contribution in [0.15, 0.2) is 235 Å². The van der Waals surface area contributed by atoms with E-state index in [4.69, 9.17) is 0 Å². The van der Waals surface area contributed by atoms with Gasteiger partial charge in [0.05, 0.1) is 0 Å².